The predicted molar refractivity (Wildman–Crippen MR) is 78.1 cm³/mol. The first-order chi connectivity index (χ1) is 9.67. The molecule has 0 bridgehead atoms. The summed E-state index contributed by atoms with van der Waals surface area (Å²) in [6, 6.07) is 11.5. The van der Waals surface area contributed by atoms with Crippen LogP contribution in [0, 0.1) is 17.2 Å². The van der Waals surface area contributed by atoms with Gasteiger partial charge >= 0.3 is 0 Å². The molecule has 0 radical (unpaired) electrons. The number of pyridine rings is 1. The minimum absolute atomic E-state index is 0.0705. The Morgan fingerprint density at radius 1 is 1.40 bits per heavy atom. The van der Waals surface area contributed by atoms with E-state index in [1.807, 2.05) is 38.1 Å². The summed E-state index contributed by atoms with van der Waals surface area (Å²) in [5.74, 6) is -0.249. The van der Waals surface area contributed by atoms with Crippen molar-refractivity contribution >= 4 is 16.8 Å². The standard InChI is InChI=1S/C16H17N3O/c1-3-19(11-12(2)10-17)16(20)14-8-4-6-13-7-5-9-18-15(13)14/h4-9,12H,3,11H2,1-2H3. The second-order valence-electron chi connectivity index (χ2n) is 4.75. The third-order valence-electron chi connectivity index (χ3n) is 3.25. The third-order valence-corrected chi connectivity index (χ3v) is 3.25. The molecule has 0 aliphatic rings. The molecule has 2 aromatic rings. The van der Waals surface area contributed by atoms with Gasteiger partial charge in [0, 0.05) is 24.7 Å². The monoisotopic (exact) mass is 267 g/mol. The van der Waals surface area contributed by atoms with Crippen LogP contribution in [0.1, 0.15) is 24.2 Å². The fraction of sp³-hybridized carbons (Fsp3) is 0.312. The Balaban J connectivity index is 2.37. The summed E-state index contributed by atoms with van der Waals surface area (Å²) in [5, 5.41) is 9.85. The van der Waals surface area contributed by atoms with E-state index in [0.29, 0.717) is 24.2 Å². The molecule has 1 amide bonds. The number of rotatable bonds is 4. The van der Waals surface area contributed by atoms with Crippen LogP contribution >= 0.6 is 0 Å². The van der Waals surface area contributed by atoms with Gasteiger partial charge < -0.3 is 4.90 Å². The molecule has 1 heterocycles. The van der Waals surface area contributed by atoms with Crippen molar-refractivity contribution in [2.75, 3.05) is 13.1 Å². The van der Waals surface area contributed by atoms with E-state index < -0.39 is 0 Å². The molecule has 102 valence electrons. The van der Waals surface area contributed by atoms with E-state index in [0.717, 1.165) is 5.39 Å². The van der Waals surface area contributed by atoms with Gasteiger partial charge in [-0.2, -0.15) is 5.26 Å². The Labute approximate surface area is 118 Å². The second kappa shape index (κ2) is 6.16. The van der Waals surface area contributed by atoms with Gasteiger partial charge in [0.25, 0.3) is 5.91 Å². The Bertz CT molecular complexity index is 655. The molecule has 1 unspecified atom stereocenters. The first kappa shape index (κ1) is 14.0. The molecule has 4 nitrogen and oxygen atoms in total. The zero-order valence-corrected chi connectivity index (χ0v) is 11.7. The minimum atomic E-state index is -0.179. The lowest BCUT2D eigenvalue weighted by atomic mass is 10.1. The van der Waals surface area contributed by atoms with Gasteiger partial charge in [0.15, 0.2) is 0 Å². The second-order valence-corrected chi connectivity index (χ2v) is 4.75. The molecular formula is C16H17N3O. The molecule has 2 rings (SSSR count). The van der Waals surface area contributed by atoms with Crippen molar-refractivity contribution in [2.24, 2.45) is 5.92 Å². The maximum absolute atomic E-state index is 12.6. The summed E-state index contributed by atoms with van der Waals surface area (Å²) in [5.41, 5.74) is 1.30. The molecule has 0 fully saturated rings. The van der Waals surface area contributed by atoms with Crippen molar-refractivity contribution < 1.29 is 4.79 Å². The average molecular weight is 267 g/mol. The molecule has 20 heavy (non-hydrogen) atoms. The molecule has 1 aromatic heterocycles. The van der Waals surface area contributed by atoms with Gasteiger partial charge in [-0.05, 0) is 26.0 Å². The van der Waals surface area contributed by atoms with Gasteiger partial charge in [0.2, 0.25) is 0 Å². The van der Waals surface area contributed by atoms with Crippen molar-refractivity contribution in [3.8, 4) is 6.07 Å². The molecule has 0 N–H and O–H groups in total. The summed E-state index contributed by atoms with van der Waals surface area (Å²) in [4.78, 5) is 18.6. The smallest absolute Gasteiger partial charge is 0.256 e. The van der Waals surface area contributed by atoms with Crippen LogP contribution < -0.4 is 0 Å². The number of fused-ring (bicyclic) bond motifs is 1. The summed E-state index contributed by atoms with van der Waals surface area (Å²) >= 11 is 0. The average Bonchev–Trinajstić information content (AvgIpc) is 2.51. The number of carbonyl (C=O) groups is 1. The SMILES string of the molecule is CCN(CC(C)C#N)C(=O)c1cccc2cccnc12. The highest BCUT2D eigenvalue weighted by molar-refractivity contribution is 6.05. The molecular weight excluding hydrogens is 250 g/mol. The van der Waals surface area contributed by atoms with Crippen molar-refractivity contribution in [1.29, 1.82) is 5.26 Å². The molecule has 4 heteroatoms. The molecule has 0 aliphatic heterocycles. The van der Waals surface area contributed by atoms with E-state index in [9.17, 15) is 4.79 Å². The largest absolute Gasteiger partial charge is 0.338 e. The number of para-hydroxylation sites is 1. The fourth-order valence-electron chi connectivity index (χ4n) is 2.17. The molecule has 1 aromatic carbocycles. The lowest BCUT2D eigenvalue weighted by Crippen LogP contribution is -2.34. The topological polar surface area (TPSA) is 57.0 Å². The lowest BCUT2D eigenvalue weighted by molar-refractivity contribution is 0.0754. The van der Waals surface area contributed by atoms with Crippen LogP contribution in [0.2, 0.25) is 0 Å². The van der Waals surface area contributed by atoms with E-state index in [4.69, 9.17) is 5.26 Å². The molecule has 0 saturated carbocycles. The van der Waals surface area contributed by atoms with Crippen LogP contribution in [0.5, 0.6) is 0 Å². The molecule has 0 aliphatic carbocycles. The Hall–Kier alpha value is -2.41. The van der Waals surface area contributed by atoms with E-state index in [1.54, 1.807) is 17.2 Å². The summed E-state index contributed by atoms with van der Waals surface area (Å²) < 4.78 is 0. The van der Waals surface area contributed by atoms with Gasteiger partial charge in [0.1, 0.15) is 0 Å². The highest BCUT2D eigenvalue weighted by Crippen LogP contribution is 2.18. The number of hydrogen-bond acceptors (Lipinski definition) is 3. The van der Waals surface area contributed by atoms with E-state index >= 15 is 0 Å². The van der Waals surface area contributed by atoms with Crippen molar-refractivity contribution in [3.05, 3.63) is 42.1 Å². The lowest BCUT2D eigenvalue weighted by Gasteiger charge is -2.22. The quantitative estimate of drug-likeness (QED) is 0.855. The molecule has 0 spiro atoms. The van der Waals surface area contributed by atoms with Crippen LogP contribution in [0.3, 0.4) is 0 Å². The maximum atomic E-state index is 12.6. The van der Waals surface area contributed by atoms with Crippen molar-refractivity contribution in [3.63, 3.8) is 0 Å². The van der Waals surface area contributed by atoms with Gasteiger partial charge in [-0.25, -0.2) is 0 Å². The van der Waals surface area contributed by atoms with E-state index in [1.165, 1.54) is 0 Å². The predicted octanol–water partition coefficient (Wildman–Crippen LogP) is 2.86. The number of amides is 1. The van der Waals surface area contributed by atoms with Gasteiger partial charge in [-0.3, -0.25) is 9.78 Å². The number of nitrogens with zero attached hydrogens (tertiary/aromatic N) is 3. The summed E-state index contributed by atoms with van der Waals surface area (Å²) in [7, 11) is 0. The number of benzene rings is 1. The van der Waals surface area contributed by atoms with Gasteiger partial charge in [-0.1, -0.05) is 18.2 Å². The van der Waals surface area contributed by atoms with Crippen molar-refractivity contribution in [1.82, 2.24) is 9.88 Å². The zero-order chi connectivity index (χ0) is 14.5. The van der Waals surface area contributed by atoms with Crippen LogP contribution in [0.15, 0.2) is 36.5 Å². The zero-order valence-electron chi connectivity index (χ0n) is 11.7. The first-order valence-electron chi connectivity index (χ1n) is 6.70. The van der Waals surface area contributed by atoms with Crippen LogP contribution in [-0.4, -0.2) is 28.9 Å². The van der Waals surface area contributed by atoms with E-state index in [-0.39, 0.29) is 11.8 Å². The van der Waals surface area contributed by atoms with Gasteiger partial charge in [0.05, 0.1) is 23.1 Å². The van der Waals surface area contributed by atoms with Gasteiger partial charge in [-0.15, -0.1) is 0 Å². The Morgan fingerprint density at radius 2 is 2.15 bits per heavy atom. The number of hydrogen-bond donors (Lipinski definition) is 0. The fourth-order valence-corrected chi connectivity index (χ4v) is 2.17. The number of aromatic nitrogens is 1. The Morgan fingerprint density at radius 3 is 2.85 bits per heavy atom. The number of nitriles is 1. The minimum Gasteiger partial charge on any atom is -0.338 e. The third kappa shape index (κ3) is 2.77. The number of carbonyl (C=O) groups excluding carboxylic acids is 1. The maximum Gasteiger partial charge on any atom is 0.256 e. The van der Waals surface area contributed by atoms with Crippen LogP contribution in [0.25, 0.3) is 10.9 Å². The molecule has 1 atom stereocenters. The summed E-state index contributed by atoms with van der Waals surface area (Å²) in [6.07, 6.45) is 1.69. The van der Waals surface area contributed by atoms with Crippen molar-refractivity contribution in [2.45, 2.75) is 13.8 Å². The first-order valence-corrected chi connectivity index (χ1v) is 6.70. The highest BCUT2D eigenvalue weighted by Gasteiger charge is 2.19. The molecule has 0 saturated heterocycles. The summed E-state index contributed by atoms with van der Waals surface area (Å²) in [6.45, 7) is 4.75. The Kier molecular flexibility index (Phi) is 4.31. The van der Waals surface area contributed by atoms with Crippen LogP contribution in [0.4, 0.5) is 0 Å². The normalized spacial score (nSPS) is 11.8. The van der Waals surface area contributed by atoms with Crippen LogP contribution in [-0.2, 0) is 0 Å². The highest BCUT2D eigenvalue weighted by atomic mass is 16.2. The van der Waals surface area contributed by atoms with E-state index in [2.05, 4.69) is 11.1 Å².